The summed E-state index contributed by atoms with van der Waals surface area (Å²) in [6.07, 6.45) is 2.85. The number of nitrogens with zero attached hydrogens (tertiary/aromatic N) is 1. The van der Waals surface area contributed by atoms with E-state index >= 15 is 0 Å². The SMILES string of the molecule is COc1cc(/C=N\NC(=O)c2ccco2)cc(Cl)c1OCc1ccc(Cl)cc1. The second-order valence-corrected chi connectivity index (χ2v) is 6.47. The molecular formula is C20H16Cl2N2O4. The van der Waals surface area contributed by atoms with Crippen LogP contribution in [0.3, 0.4) is 0 Å². The fourth-order valence-corrected chi connectivity index (χ4v) is 2.72. The van der Waals surface area contributed by atoms with Gasteiger partial charge in [0.05, 0.1) is 24.6 Å². The topological polar surface area (TPSA) is 73.1 Å². The van der Waals surface area contributed by atoms with Gasteiger partial charge in [-0.3, -0.25) is 4.79 Å². The van der Waals surface area contributed by atoms with Crippen LogP contribution in [0.1, 0.15) is 21.7 Å². The monoisotopic (exact) mass is 418 g/mol. The van der Waals surface area contributed by atoms with Gasteiger partial charge in [0.15, 0.2) is 17.3 Å². The number of hydrazone groups is 1. The summed E-state index contributed by atoms with van der Waals surface area (Å²) in [5.41, 5.74) is 3.93. The van der Waals surface area contributed by atoms with E-state index in [1.807, 2.05) is 12.1 Å². The summed E-state index contributed by atoms with van der Waals surface area (Å²) < 4.78 is 16.2. The Morgan fingerprint density at radius 1 is 1.21 bits per heavy atom. The number of methoxy groups -OCH3 is 1. The summed E-state index contributed by atoms with van der Waals surface area (Å²) >= 11 is 12.2. The van der Waals surface area contributed by atoms with Crippen molar-refractivity contribution in [2.24, 2.45) is 5.10 Å². The van der Waals surface area contributed by atoms with Crippen LogP contribution in [-0.4, -0.2) is 19.2 Å². The lowest BCUT2D eigenvalue weighted by atomic mass is 10.2. The number of benzene rings is 2. The average Bonchev–Trinajstić information content (AvgIpc) is 3.23. The molecule has 0 saturated carbocycles. The van der Waals surface area contributed by atoms with Crippen LogP contribution in [0, 0.1) is 0 Å². The molecule has 1 aromatic heterocycles. The summed E-state index contributed by atoms with van der Waals surface area (Å²) in [6, 6.07) is 13.8. The zero-order chi connectivity index (χ0) is 19.9. The number of furan rings is 1. The maximum absolute atomic E-state index is 11.8. The first-order chi connectivity index (χ1) is 13.6. The van der Waals surface area contributed by atoms with Gasteiger partial charge in [0.2, 0.25) is 0 Å². The fraction of sp³-hybridized carbons (Fsp3) is 0.100. The van der Waals surface area contributed by atoms with Crippen LogP contribution < -0.4 is 14.9 Å². The molecule has 0 saturated heterocycles. The van der Waals surface area contributed by atoms with Gasteiger partial charge in [-0.2, -0.15) is 5.10 Å². The highest BCUT2D eigenvalue weighted by Gasteiger charge is 2.12. The maximum Gasteiger partial charge on any atom is 0.307 e. The van der Waals surface area contributed by atoms with E-state index in [0.29, 0.717) is 33.7 Å². The fourth-order valence-electron chi connectivity index (χ4n) is 2.32. The summed E-state index contributed by atoms with van der Waals surface area (Å²) in [4.78, 5) is 11.8. The Morgan fingerprint density at radius 2 is 2.00 bits per heavy atom. The zero-order valence-electron chi connectivity index (χ0n) is 14.8. The van der Waals surface area contributed by atoms with E-state index in [9.17, 15) is 4.79 Å². The van der Waals surface area contributed by atoms with Gasteiger partial charge in [0, 0.05) is 5.02 Å². The van der Waals surface area contributed by atoms with Crippen LogP contribution in [-0.2, 0) is 6.61 Å². The normalized spacial score (nSPS) is 10.8. The van der Waals surface area contributed by atoms with E-state index in [0.717, 1.165) is 5.56 Å². The van der Waals surface area contributed by atoms with E-state index in [4.69, 9.17) is 37.1 Å². The maximum atomic E-state index is 11.8. The van der Waals surface area contributed by atoms with Crippen molar-refractivity contribution >= 4 is 35.3 Å². The highest BCUT2D eigenvalue weighted by Crippen LogP contribution is 2.36. The minimum atomic E-state index is -0.456. The predicted molar refractivity (Wildman–Crippen MR) is 108 cm³/mol. The first-order valence-corrected chi connectivity index (χ1v) is 8.94. The van der Waals surface area contributed by atoms with Crippen molar-refractivity contribution in [2.75, 3.05) is 7.11 Å². The molecule has 1 amide bonds. The summed E-state index contributed by atoms with van der Waals surface area (Å²) in [6.45, 7) is 0.305. The van der Waals surface area contributed by atoms with Gasteiger partial charge >= 0.3 is 5.91 Å². The lowest BCUT2D eigenvalue weighted by molar-refractivity contribution is 0.0927. The number of hydrogen-bond acceptors (Lipinski definition) is 5. The zero-order valence-corrected chi connectivity index (χ0v) is 16.3. The molecule has 0 aliphatic heterocycles. The standard InChI is InChI=1S/C20H16Cl2N2O4/c1-26-18-10-14(11-23-24-20(25)17-3-2-8-27-17)9-16(22)19(18)28-12-13-4-6-15(21)7-5-13/h2-11H,12H2,1H3,(H,24,25)/b23-11-. The molecule has 0 atom stereocenters. The van der Waals surface area contributed by atoms with Crippen LogP contribution in [0.4, 0.5) is 0 Å². The Morgan fingerprint density at radius 3 is 2.68 bits per heavy atom. The number of amides is 1. The molecular weight excluding hydrogens is 403 g/mol. The number of carbonyl (C=O) groups is 1. The van der Waals surface area contributed by atoms with E-state index in [-0.39, 0.29) is 5.76 Å². The second-order valence-electron chi connectivity index (χ2n) is 5.63. The molecule has 3 rings (SSSR count). The van der Waals surface area contributed by atoms with Gasteiger partial charge in [0.1, 0.15) is 6.61 Å². The van der Waals surface area contributed by atoms with Crippen molar-refractivity contribution in [3.8, 4) is 11.5 Å². The van der Waals surface area contributed by atoms with E-state index in [1.165, 1.54) is 25.7 Å². The Labute approximate surface area is 171 Å². The number of nitrogens with one attached hydrogen (secondary N) is 1. The molecule has 0 bridgehead atoms. The van der Waals surface area contributed by atoms with Crippen molar-refractivity contribution in [3.05, 3.63) is 81.7 Å². The molecule has 28 heavy (non-hydrogen) atoms. The van der Waals surface area contributed by atoms with Crippen molar-refractivity contribution in [2.45, 2.75) is 6.61 Å². The number of rotatable bonds is 7. The number of hydrogen-bond donors (Lipinski definition) is 1. The molecule has 3 aromatic rings. The van der Waals surface area contributed by atoms with Crippen molar-refractivity contribution in [1.29, 1.82) is 0 Å². The molecule has 1 N–H and O–H groups in total. The summed E-state index contributed by atoms with van der Waals surface area (Å²) in [7, 11) is 1.51. The van der Waals surface area contributed by atoms with Crippen LogP contribution in [0.25, 0.3) is 0 Å². The molecule has 2 aromatic carbocycles. The molecule has 1 heterocycles. The van der Waals surface area contributed by atoms with Crippen LogP contribution in [0.15, 0.2) is 64.3 Å². The molecule has 0 aliphatic rings. The van der Waals surface area contributed by atoms with Gasteiger partial charge in [-0.25, -0.2) is 5.43 Å². The van der Waals surface area contributed by atoms with Crippen LogP contribution in [0.2, 0.25) is 10.0 Å². The van der Waals surface area contributed by atoms with Crippen LogP contribution in [0.5, 0.6) is 11.5 Å². The first-order valence-electron chi connectivity index (χ1n) is 8.18. The van der Waals surface area contributed by atoms with Crippen molar-refractivity contribution in [3.63, 3.8) is 0 Å². The van der Waals surface area contributed by atoms with E-state index < -0.39 is 5.91 Å². The first kappa shape index (κ1) is 19.8. The lowest BCUT2D eigenvalue weighted by Gasteiger charge is -2.13. The molecule has 8 heteroatoms. The second kappa shape index (κ2) is 9.30. The Balaban J connectivity index is 1.69. The molecule has 6 nitrogen and oxygen atoms in total. The largest absolute Gasteiger partial charge is 0.493 e. The third-order valence-corrected chi connectivity index (χ3v) is 4.21. The van der Waals surface area contributed by atoms with E-state index in [2.05, 4.69) is 10.5 Å². The Kier molecular flexibility index (Phi) is 6.57. The van der Waals surface area contributed by atoms with Gasteiger partial charge in [-0.1, -0.05) is 35.3 Å². The lowest BCUT2D eigenvalue weighted by Crippen LogP contribution is -2.16. The quantitative estimate of drug-likeness (QED) is 0.435. The smallest absolute Gasteiger partial charge is 0.307 e. The molecule has 0 spiro atoms. The van der Waals surface area contributed by atoms with Crippen molar-refractivity contribution < 1.29 is 18.7 Å². The third kappa shape index (κ3) is 5.06. The molecule has 0 aliphatic carbocycles. The molecule has 144 valence electrons. The third-order valence-electron chi connectivity index (χ3n) is 3.67. The number of halogens is 2. The van der Waals surface area contributed by atoms with Crippen molar-refractivity contribution in [1.82, 2.24) is 5.43 Å². The van der Waals surface area contributed by atoms with Gasteiger partial charge in [-0.15, -0.1) is 0 Å². The summed E-state index contributed by atoms with van der Waals surface area (Å²) in [5, 5.41) is 4.90. The minimum Gasteiger partial charge on any atom is -0.493 e. The minimum absolute atomic E-state index is 0.165. The number of carbonyl (C=O) groups excluding carboxylic acids is 1. The Bertz CT molecular complexity index is 971. The van der Waals surface area contributed by atoms with Gasteiger partial charge in [-0.05, 0) is 47.5 Å². The van der Waals surface area contributed by atoms with E-state index in [1.54, 1.807) is 30.3 Å². The molecule has 0 radical (unpaired) electrons. The van der Waals surface area contributed by atoms with Gasteiger partial charge < -0.3 is 13.9 Å². The highest BCUT2D eigenvalue weighted by molar-refractivity contribution is 6.32. The number of ether oxygens (including phenoxy) is 2. The predicted octanol–water partition coefficient (Wildman–Crippen LogP) is 4.94. The summed E-state index contributed by atoms with van der Waals surface area (Å²) in [5.74, 6) is 0.567. The molecule has 0 unspecified atom stereocenters. The highest BCUT2D eigenvalue weighted by atomic mass is 35.5. The van der Waals surface area contributed by atoms with Crippen LogP contribution >= 0.6 is 23.2 Å². The van der Waals surface area contributed by atoms with Gasteiger partial charge in [0.25, 0.3) is 0 Å². The Hall–Kier alpha value is -2.96. The average molecular weight is 419 g/mol. The molecule has 0 fully saturated rings.